The fraction of sp³-hybridized carbons (Fsp3) is 0.636. The van der Waals surface area contributed by atoms with Crippen LogP contribution < -0.4 is 4.74 Å². The number of nitrogens with zero attached hydrogens (tertiary/aromatic N) is 1. The lowest BCUT2D eigenvalue weighted by atomic mass is 9.65. The first-order valence-corrected chi connectivity index (χ1v) is 9.72. The van der Waals surface area contributed by atoms with Crippen LogP contribution in [0, 0.1) is 24.7 Å². The number of esters is 1. The van der Waals surface area contributed by atoms with Crippen LogP contribution in [-0.2, 0) is 14.3 Å². The van der Waals surface area contributed by atoms with E-state index >= 15 is 0 Å². The summed E-state index contributed by atoms with van der Waals surface area (Å²) >= 11 is 0. The van der Waals surface area contributed by atoms with Gasteiger partial charge in [-0.05, 0) is 67.2 Å². The van der Waals surface area contributed by atoms with Crippen molar-refractivity contribution in [3.8, 4) is 5.75 Å². The van der Waals surface area contributed by atoms with Crippen molar-refractivity contribution < 1.29 is 19.1 Å². The third-order valence-electron chi connectivity index (χ3n) is 5.64. The lowest BCUT2D eigenvalue weighted by Gasteiger charge is -2.39. The minimum absolute atomic E-state index is 0.0961. The first-order chi connectivity index (χ1) is 12.6. The zero-order valence-corrected chi connectivity index (χ0v) is 17.1. The second-order valence-corrected chi connectivity index (χ2v) is 9.51. The van der Waals surface area contributed by atoms with E-state index in [0.717, 1.165) is 36.9 Å². The van der Waals surface area contributed by atoms with E-state index in [9.17, 15) is 9.59 Å². The van der Waals surface area contributed by atoms with Crippen molar-refractivity contribution in [3.05, 3.63) is 29.3 Å². The SMILES string of the molecule is Cc1cc(C)cc(OCC(=O)OCC(=O)N2C[C@@]3(C)C[C@@H]2CC(C)(C)C3)c1. The lowest BCUT2D eigenvalue weighted by molar-refractivity contribution is -0.154. The number of ether oxygens (including phenoxy) is 2. The molecule has 5 heteroatoms. The Morgan fingerprint density at radius 3 is 2.41 bits per heavy atom. The molecule has 2 atom stereocenters. The molecule has 3 rings (SSSR count). The van der Waals surface area contributed by atoms with E-state index in [-0.39, 0.29) is 36.0 Å². The second-order valence-electron chi connectivity index (χ2n) is 9.51. The summed E-state index contributed by atoms with van der Waals surface area (Å²) in [6.45, 7) is 11.1. The average Bonchev–Trinajstić information content (AvgIpc) is 2.78. The number of fused-ring (bicyclic) bond motifs is 2. The molecular formula is C22H31NO4. The third-order valence-corrected chi connectivity index (χ3v) is 5.64. The highest BCUT2D eigenvalue weighted by molar-refractivity contribution is 5.81. The van der Waals surface area contributed by atoms with E-state index in [2.05, 4.69) is 20.8 Å². The molecular weight excluding hydrogens is 342 g/mol. The molecule has 0 radical (unpaired) electrons. The van der Waals surface area contributed by atoms with E-state index in [0.29, 0.717) is 5.75 Å². The van der Waals surface area contributed by atoms with Gasteiger partial charge in [0.25, 0.3) is 5.91 Å². The molecule has 1 aromatic carbocycles. The number of carbonyl (C=O) groups excluding carboxylic acids is 2. The van der Waals surface area contributed by atoms with Gasteiger partial charge >= 0.3 is 5.97 Å². The van der Waals surface area contributed by atoms with Crippen LogP contribution in [0.25, 0.3) is 0 Å². The van der Waals surface area contributed by atoms with Crippen LogP contribution in [0.3, 0.4) is 0 Å². The van der Waals surface area contributed by atoms with E-state index in [1.54, 1.807) is 0 Å². The molecule has 2 fully saturated rings. The van der Waals surface area contributed by atoms with Crippen LogP contribution in [-0.4, -0.2) is 42.6 Å². The molecule has 2 aliphatic rings. The van der Waals surface area contributed by atoms with Crippen LogP contribution in [0.5, 0.6) is 5.75 Å². The number of carbonyl (C=O) groups is 2. The zero-order chi connectivity index (χ0) is 19.8. The Balaban J connectivity index is 1.48. The van der Waals surface area contributed by atoms with Crippen molar-refractivity contribution >= 4 is 11.9 Å². The molecule has 5 nitrogen and oxygen atoms in total. The molecule has 1 saturated heterocycles. The summed E-state index contributed by atoms with van der Waals surface area (Å²) in [5.74, 6) is 0.0247. The van der Waals surface area contributed by atoms with Crippen molar-refractivity contribution in [2.75, 3.05) is 19.8 Å². The van der Waals surface area contributed by atoms with Gasteiger partial charge < -0.3 is 14.4 Å². The van der Waals surface area contributed by atoms with Crippen LogP contribution >= 0.6 is 0 Å². The summed E-state index contributed by atoms with van der Waals surface area (Å²) in [5, 5.41) is 0. The van der Waals surface area contributed by atoms with Gasteiger partial charge in [-0.25, -0.2) is 4.79 Å². The fourth-order valence-electron chi connectivity index (χ4n) is 5.18. The molecule has 27 heavy (non-hydrogen) atoms. The largest absolute Gasteiger partial charge is 0.482 e. The van der Waals surface area contributed by atoms with Gasteiger partial charge in [0.1, 0.15) is 5.75 Å². The standard InChI is InChI=1S/C22H31NO4/c1-15-6-16(2)8-18(7-15)26-12-20(25)27-11-19(24)23-14-22(5)10-17(23)9-21(3,4)13-22/h6-8,17H,9-14H2,1-5H3/t17-,22-/m0/s1. The first kappa shape index (κ1) is 19.7. The minimum Gasteiger partial charge on any atom is -0.482 e. The molecule has 1 saturated carbocycles. The summed E-state index contributed by atoms with van der Waals surface area (Å²) in [7, 11) is 0. The van der Waals surface area contributed by atoms with Gasteiger partial charge in [-0.3, -0.25) is 4.79 Å². The molecule has 0 N–H and O–H groups in total. The predicted octanol–water partition coefficient (Wildman–Crippen LogP) is 3.65. The van der Waals surface area contributed by atoms with Gasteiger partial charge in [-0.1, -0.05) is 26.8 Å². The highest BCUT2D eigenvalue weighted by atomic mass is 16.6. The number of likely N-dealkylation sites (tertiary alicyclic amines) is 1. The summed E-state index contributed by atoms with van der Waals surface area (Å²) in [5.41, 5.74) is 2.58. The Morgan fingerprint density at radius 1 is 1.07 bits per heavy atom. The Hall–Kier alpha value is -2.04. The molecule has 1 aromatic rings. The Morgan fingerprint density at radius 2 is 1.74 bits per heavy atom. The molecule has 1 heterocycles. The highest BCUT2D eigenvalue weighted by Crippen LogP contribution is 2.52. The number of hydrogen-bond acceptors (Lipinski definition) is 4. The quantitative estimate of drug-likeness (QED) is 0.739. The van der Waals surface area contributed by atoms with Crippen molar-refractivity contribution in [3.63, 3.8) is 0 Å². The number of aryl methyl sites for hydroxylation is 2. The summed E-state index contributed by atoms with van der Waals surface area (Å²) in [6, 6.07) is 6.05. The van der Waals surface area contributed by atoms with Crippen LogP contribution in [0.1, 0.15) is 51.2 Å². The minimum atomic E-state index is -0.517. The smallest absolute Gasteiger partial charge is 0.344 e. The van der Waals surface area contributed by atoms with Crippen LogP contribution in [0.4, 0.5) is 0 Å². The van der Waals surface area contributed by atoms with Crippen LogP contribution in [0.15, 0.2) is 18.2 Å². The maximum absolute atomic E-state index is 12.6. The number of amides is 1. The Bertz CT molecular complexity index is 722. The normalized spacial score (nSPS) is 26.0. The molecule has 0 aromatic heterocycles. The number of benzene rings is 1. The monoisotopic (exact) mass is 373 g/mol. The van der Waals surface area contributed by atoms with Crippen molar-refractivity contribution in [2.45, 2.75) is 59.9 Å². The Labute approximate surface area is 162 Å². The van der Waals surface area contributed by atoms with E-state index in [1.165, 1.54) is 0 Å². The van der Waals surface area contributed by atoms with E-state index in [1.807, 2.05) is 36.9 Å². The summed E-state index contributed by atoms with van der Waals surface area (Å²) < 4.78 is 10.7. The average molecular weight is 373 g/mol. The maximum Gasteiger partial charge on any atom is 0.344 e. The molecule has 0 spiro atoms. The molecule has 0 unspecified atom stereocenters. The second kappa shape index (κ2) is 7.17. The molecule has 1 aliphatic heterocycles. The lowest BCUT2D eigenvalue weighted by Crippen LogP contribution is -2.40. The van der Waals surface area contributed by atoms with Gasteiger partial charge in [0, 0.05) is 12.6 Å². The van der Waals surface area contributed by atoms with Gasteiger partial charge in [-0.2, -0.15) is 0 Å². The molecule has 1 aliphatic carbocycles. The molecule has 148 valence electrons. The first-order valence-electron chi connectivity index (χ1n) is 9.72. The summed E-state index contributed by atoms with van der Waals surface area (Å²) in [6.07, 6.45) is 3.19. The topological polar surface area (TPSA) is 55.8 Å². The van der Waals surface area contributed by atoms with Crippen molar-refractivity contribution in [2.24, 2.45) is 10.8 Å². The summed E-state index contributed by atoms with van der Waals surface area (Å²) in [4.78, 5) is 26.5. The third kappa shape index (κ3) is 4.82. The zero-order valence-electron chi connectivity index (χ0n) is 17.1. The van der Waals surface area contributed by atoms with Gasteiger partial charge in [0.05, 0.1) is 0 Å². The molecule has 2 bridgehead atoms. The highest BCUT2D eigenvalue weighted by Gasteiger charge is 2.50. The van der Waals surface area contributed by atoms with Crippen LogP contribution in [0.2, 0.25) is 0 Å². The number of rotatable bonds is 5. The number of hydrogen-bond donors (Lipinski definition) is 0. The molecule has 1 amide bonds. The predicted molar refractivity (Wildman–Crippen MR) is 104 cm³/mol. The van der Waals surface area contributed by atoms with Gasteiger partial charge in [-0.15, -0.1) is 0 Å². The van der Waals surface area contributed by atoms with Crippen molar-refractivity contribution in [1.29, 1.82) is 0 Å². The maximum atomic E-state index is 12.6. The Kier molecular flexibility index (Phi) is 5.24. The van der Waals surface area contributed by atoms with Gasteiger partial charge in [0.2, 0.25) is 0 Å². The van der Waals surface area contributed by atoms with Crippen molar-refractivity contribution in [1.82, 2.24) is 4.90 Å². The fourth-order valence-corrected chi connectivity index (χ4v) is 5.18. The van der Waals surface area contributed by atoms with E-state index < -0.39 is 5.97 Å². The van der Waals surface area contributed by atoms with E-state index in [4.69, 9.17) is 9.47 Å². The van der Waals surface area contributed by atoms with Gasteiger partial charge in [0.15, 0.2) is 13.2 Å².